The fourth-order valence-electron chi connectivity index (χ4n) is 2.38. The van der Waals surface area contributed by atoms with Crippen molar-refractivity contribution < 1.29 is 19.1 Å². The van der Waals surface area contributed by atoms with E-state index < -0.39 is 23.3 Å². The van der Waals surface area contributed by atoms with E-state index in [9.17, 15) is 9.59 Å². The first-order valence-electron chi connectivity index (χ1n) is 6.11. The maximum atomic E-state index is 12.1. The van der Waals surface area contributed by atoms with Crippen molar-refractivity contribution in [3.8, 4) is 0 Å². The fourth-order valence-corrected chi connectivity index (χ4v) is 2.38. The largest absolute Gasteiger partial charge is 0.446 e. The van der Waals surface area contributed by atoms with Gasteiger partial charge >= 0.3 is 12.2 Å². The van der Waals surface area contributed by atoms with Crippen LogP contribution in [0.4, 0.5) is 9.59 Å². The van der Waals surface area contributed by atoms with Crippen LogP contribution in [0.15, 0.2) is 12.7 Å². The normalized spacial score (nSPS) is 30.3. The van der Waals surface area contributed by atoms with Gasteiger partial charge in [-0.3, -0.25) is 0 Å². The van der Waals surface area contributed by atoms with E-state index in [-0.39, 0.29) is 12.5 Å². The number of nitrogens with zero attached hydrogens (tertiary/aromatic N) is 1. The summed E-state index contributed by atoms with van der Waals surface area (Å²) in [6.07, 6.45) is 2.13. The molecule has 1 saturated carbocycles. The van der Waals surface area contributed by atoms with E-state index in [2.05, 4.69) is 6.58 Å². The van der Waals surface area contributed by atoms with Crippen LogP contribution in [0.1, 0.15) is 33.6 Å². The Labute approximate surface area is 107 Å². The number of carbonyl (C=O) groups excluding carboxylic acids is 2. The van der Waals surface area contributed by atoms with Crippen LogP contribution in [0, 0.1) is 5.92 Å². The molecule has 5 heteroatoms. The van der Waals surface area contributed by atoms with Gasteiger partial charge in [0.15, 0.2) is 0 Å². The molecule has 18 heavy (non-hydrogen) atoms. The summed E-state index contributed by atoms with van der Waals surface area (Å²) >= 11 is 0. The highest BCUT2D eigenvalue weighted by Gasteiger charge is 2.66. The molecule has 100 valence electrons. The standard InChI is InChI=1S/C13H19NO4/c1-5-6-9-7-13(9)8-17-10(15)14(13)11(16)18-12(2,3)4/h5,9H,1,6-8H2,2-4H3. The van der Waals surface area contributed by atoms with Crippen molar-refractivity contribution in [3.05, 3.63) is 12.7 Å². The maximum absolute atomic E-state index is 12.1. The Balaban J connectivity index is 2.12. The molecule has 2 amide bonds. The third kappa shape index (κ3) is 2.09. The molecule has 0 N–H and O–H groups in total. The minimum atomic E-state index is -0.621. The summed E-state index contributed by atoms with van der Waals surface area (Å²) in [6, 6.07) is 0. The van der Waals surface area contributed by atoms with Crippen LogP contribution in [0.3, 0.4) is 0 Å². The molecule has 1 aliphatic carbocycles. The van der Waals surface area contributed by atoms with Gasteiger partial charge in [0, 0.05) is 0 Å². The van der Waals surface area contributed by atoms with Crippen molar-refractivity contribution >= 4 is 12.2 Å². The lowest BCUT2D eigenvalue weighted by Crippen LogP contribution is -2.44. The summed E-state index contributed by atoms with van der Waals surface area (Å²) in [4.78, 5) is 24.9. The molecule has 2 unspecified atom stereocenters. The number of carbonyl (C=O) groups is 2. The van der Waals surface area contributed by atoms with Gasteiger partial charge in [-0.15, -0.1) is 6.58 Å². The minimum Gasteiger partial charge on any atom is -0.446 e. The molecule has 1 aliphatic heterocycles. The van der Waals surface area contributed by atoms with Gasteiger partial charge in [-0.25, -0.2) is 14.5 Å². The molecule has 0 aromatic rings. The summed E-state index contributed by atoms with van der Waals surface area (Å²) in [5.74, 6) is 0.244. The lowest BCUT2D eigenvalue weighted by molar-refractivity contribution is 0.0266. The average molecular weight is 253 g/mol. The predicted octanol–water partition coefficient (Wildman–Crippen LogP) is 2.71. The zero-order valence-electron chi connectivity index (χ0n) is 11.1. The second kappa shape index (κ2) is 4.00. The first-order valence-corrected chi connectivity index (χ1v) is 6.11. The molecule has 0 aromatic heterocycles. The lowest BCUT2D eigenvalue weighted by atomic mass is 10.1. The summed E-state index contributed by atoms with van der Waals surface area (Å²) in [6.45, 7) is 9.26. The number of rotatable bonds is 2. The Morgan fingerprint density at radius 2 is 2.33 bits per heavy atom. The number of cyclic esters (lactones) is 1. The Hall–Kier alpha value is -1.52. The summed E-state index contributed by atoms with van der Waals surface area (Å²) in [5.41, 5.74) is -1.11. The minimum absolute atomic E-state index is 0.244. The second-order valence-corrected chi connectivity index (χ2v) is 5.90. The molecule has 1 spiro atoms. The number of amides is 2. The van der Waals surface area contributed by atoms with E-state index in [1.54, 1.807) is 26.8 Å². The van der Waals surface area contributed by atoms with Gasteiger partial charge in [-0.05, 0) is 39.5 Å². The average Bonchev–Trinajstić information content (AvgIpc) is 2.76. The number of hydrogen-bond donors (Lipinski definition) is 0. The van der Waals surface area contributed by atoms with Gasteiger partial charge in [0.1, 0.15) is 12.2 Å². The highest BCUT2D eigenvalue weighted by Crippen LogP contribution is 2.54. The van der Waals surface area contributed by atoms with Gasteiger partial charge in [-0.1, -0.05) is 6.08 Å². The zero-order valence-corrected chi connectivity index (χ0v) is 11.1. The molecule has 2 aliphatic rings. The molecule has 0 radical (unpaired) electrons. The van der Waals surface area contributed by atoms with Crippen molar-refractivity contribution in [2.75, 3.05) is 6.61 Å². The van der Waals surface area contributed by atoms with Gasteiger partial charge in [0.25, 0.3) is 0 Å². The number of hydrogen-bond acceptors (Lipinski definition) is 4. The first kappa shape index (κ1) is 12.9. The Bertz CT molecular complexity index is 398. The van der Waals surface area contributed by atoms with Crippen molar-refractivity contribution in [3.63, 3.8) is 0 Å². The van der Waals surface area contributed by atoms with Crippen molar-refractivity contribution in [2.45, 2.75) is 44.8 Å². The van der Waals surface area contributed by atoms with E-state index in [0.29, 0.717) is 0 Å². The monoisotopic (exact) mass is 253 g/mol. The van der Waals surface area contributed by atoms with E-state index >= 15 is 0 Å². The fraction of sp³-hybridized carbons (Fsp3) is 0.692. The maximum Gasteiger partial charge on any atom is 0.420 e. The highest BCUT2D eigenvalue weighted by atomic mass is 16.6. The molecule has 2 atom stereocenters. The summed E-state index contributed by atoms with van der Waals surface area (Å²) in [7, 11) is 0. The molecule has 0 bridgehead atoms. The Morgan fingerprint density at radius 1 is 1.67 bits per heavy atom. The van der Waals surface area contributed by atoms with E-state index in [4.69, 9.17) is 9.47 Å². The Morgan fingerprint density at radius 3 is 2.89 bits per heavy atom. The SMILES string of the molecule is C=CCC1CC12COC(=O)N2C(=O)OC(C)(C)C. The van der Waals surface area contributed by atoms with Crippen LogP contribution in [0.25, 0.3) is 0 Å². The van der Waals surface area contributed by atoms with Crippen LogP contribution in [0.2, 0.25) is 0 Å². The van der Waals surface area contributed by atoms with Crippen molar-refractivity contribution in [1.29, 1.82) is 0 Å². The van der Waals surface area contributed by atoms with Crippen molar-refractivity contribution in [1.82, 2.24) is 4.90 Å². The van der Waals surface area contributed by atoms with E-state index in [0.717, 1.165) is 17.7 Å². The van der Waals surface area contributed by atoms with E-state index in [1.807, 2.05) is 0 Å². The first-order chi connectivity index (χ1) is 8.30. The molecule has 0 aromatic carbocycles. The van der Waals surface area contributed by atoms with Gasteiger partial charge in [0.2, 0.25) is 0 Å². The summed E-state index contributed by atoms with van der Waals surface area (Å²) < 4.78 is 10.3. The third-order valence-electron chi connectivity index (χ3n) is 3.30. The van der Waals surface area contributed by atoms with Crippen LogP contribution in [-0.4, -0.2) is 34.8 Å². The molecular weight excluding hydrogens is 234 g/mol. The molecule has 2 rings (SSSR count). The molecule has 1 heterocycles. The predicted molar refractivity (Wildman–Crippen MR) is 65.1 cm³/mol. The van der Waals surface area contributed by atoms with Crippen molar-refractivity contribution in [2.24, 2.45) is 5.92 Å². The number of allylic oxidation sites excluding steroid dienone is 1. The van der Waals surface area contributed by atoms with E-state index in [1.165, 1.54) is 0 Å². The molecule has 2 fully saturated rings. The van der Waals surface area contributed by atoms with Gasteiger partial charge in [-0.2, -0.15) is 0 Å². The van der Waals surface area contributed by atoms with Crippen LogP contribution < -0.4 is 0 Å². The topological polar surface area (TPSA) is 55.8 Å². The van der Waals surface area contributed by atoms with Crippen LogP contribution in [-0.2, 0) is 9.47 Å². The van der Waals surface area contributed by atoms with Gasteiger partial charge in [0.05, 0.1) is 5.54 Å². The zero-order chi connectivity index (χ0) is 13.6. The summed E-state index contributed by atoms with van der Waals surface area (Å²) in [5, 5.41) is 0. The second-order valence-electron chi connectivity index (χ2n) is 5.90. The molecular formula is C13H19NO4. The third-order valence-corrected chi connectivity index (χ3v) is 3.30. The lowest BCUT2D eigenvalue weighted by Gasteiger charge is -2.25. The quantitative estimate of drug-likeness (QED) is 0.710. The van der Waals surface area contributed by atoms with Crippen LogP contribution >= 0.6 is 0 Å². The molecule has 1 saturated heterocycles. The van der Waals surface area contributed by atoms with Gasteiger partial charge < -0.3 is 9.47 Å². The number of imide groups is 1. The smallest absolute Gasteiger partial charge is 0.420 e. The Kier molecular flexibility index (Phi) is 2.87. The molecule has 5 nitrogen and oxygen atoms in total. The number of ether oxygens (including phenoxy) is 2. The van der Waals surface area contributed by atoms with Crippen LogP contribution in [0.5, 0.6) is 0 Å². The highest BCUT2D eigenvalue weighted by molar-refractivity contribution is 5.91.